The number of rotatable bonds is 10. The zero-order chi connectivity index (χ0) is 17.9. The normalized spacial score (nSPS) is 13.8. The topological polar surface area (TPSA) is 60.7 Å². The Hall–Kier alpha value is -1.84. The highest BCUT2D eigenvalue weighted by molar-refractivity contribution is 5.59. The monoisotopic (exact) mass is 330 g/mol. The number of hydrogen-bond acceptors (Lipinski definition) is 3. The van der Waals surface area contributed by atoms with Gasteiger partial charge in [0.2, 0.25) is 0 Å². The Kier molecular flexibility index (Phi) is 9.13. The summed E-state index contributed by atoms with van der Waals surface area (Å²) in [6.07, 6.45) is 6.94. The molecule has 0 aliphatic heterocycles. The summed E-state index contributed by atoms with van der Waals surface area (Å²) >= 11 is 0. The molecule has 0 radical (unpaired) electrons. The molecule has 0 spiro atoms. The van der Waals surface area contributed by atoms with Crippen LogP contribution in [-0.4, -0.2) is 28.0 Å². The lowest BCUT2D eigenvalue weighted by atomic mass is 9.93. The van der Waals surface area contributed by atoms with Gasteiger partial charge >= 0.3 is 0 Å². The summed E-state index contributed by atoms with van der Waals surface area (Å²) in [4.78, 5) is 0. The van der Waals surface area contributed by atoms with Crippen LogP contribution in [0.15, 0.2) is 53.6 Å². The molecule has 3 heteroatoms. The third-order valence-electron chi connectivity index (χ3n) is 4.12. The van der Waals surface area contributed by atoms with E-state index in [9.17, 15) is 15.3 Å². The van der Waals surface area contributed by atoms with Gasteiger partial charge in [-0.25, -0.2) is 0 Å². The van der Waals surface area contributed by atoms with E-state index in [1.54, 1.807) is 18.2 Å². The van der Waals surface area contributed by atoms with Crippen LogP contribution >= 0.6 is 0 Å². The second kappa shape index (κ2) is 10.8. The van der Waals surface area contributed by atoms with Crippen molar-refractivity contribution in [3.05, 3.63) is 59.2 Å². The Bertz CT molecular complexity index is 585. The van der Waals surface area contributed by atoms with Crippen molar-refractivity contribution >= 4 is 6.08 Å². The molecule has 0 saturated carbocycles. The molecule has 3 nitrogen and oxygen atoms in total. The van der Waals surface area contributed by atoms with Crippen molar-refractivity contribution in [2.24, 2.45) is 0 Å². The minimum Gasteiger partial charge on any atom is -0.507 e. The maximum absolute atomic E-state index is 10.5. The standard InChI is InChI=1S/C21H30O3/c1-4-8-16(3)19(13-14-22)21(24)12-11-17(5-2)15-18-9-6-7-10-20(18)23/h6-7,9-10,13,15,21-24H,3-5,8,11-12,14H2,1-2H3/b17-15+,19-13-. The van der Waals surface area contributed by atoms with Crippen molar-refractivity contribution in [1.82, 2.24) is 0 Å². The summed E-state index contributed by atoms with van der Waals surface area (Å²) in [6.45, 7) is 8.07. The third kappa shape index (κ3) is 6.34. The van der Waals surface area contributed by atoms with Gasteiger partial charge < -0.3 is 15.3 Å². The van der Waals surface area contributed by atoms with Gasteiger partial charge in [-0.3, -0.25) is 0 Å². The van der Waals surface area contributed by atoms with E-state index in [1.807, 2.05) is 18.2 Å². The summed E-state index contributed by atoms with van der Waals surface area (Å²) < 4.78 is 0. The van der Waals surface area contributed by atoms with Crippen molar-refractivity contribution in [2.75, 3.05) is 6.61 Å². The highest BCUT2D eigenvalue weighted by Gasteiger charge is 2.14. The SMILES string of the molecule is C=C(CCC)/C(=C/CO)C(O)CC/C(=C/c1ccccc1O)CC. The Morgan fingerprint density at radius 3 is 2.50 bits per heavy atom. The highest BCUT2D eigenvalue weighted by Crippen LogP contribution is 2.25. The van der Waals surface area contributed by atoms with Crippen LogP contribution in [0.25, 0.3) is 6.08 Å². The molecule has 0 heterocycles. The van der Waals surface area contributed by atoms with Crippen molar-refractivity contribution in [3.8, 4) is 5.75 Å². The Morgan fingerprint density at radius 1 is 1.21 bits per heavy atom. The summed E-state index contributed by atoms with van der Waals surface area (Å²) in [5.74, 6) is 0.265. The second-order valence-corrected chi connectivity index (χ2v) is 5.97. The van der Waals surface area contributed by atoms with Crippen LogP contribution in [0.4, 0.5) is 0 Å². The molecule has 0 saturated heterocycles. The van der Waals surface area contributed by atoms with Gasteiger partial charge in [-0.05, 0) is 42.9 Å². The summed E-state index contributed by atoms with van der Waals surface area (Å²) in [6, 6.07) is 7.24. The van der Waals surface area contributed by atoms with Gasteiger partial charge in [0, 0.05) is 5.56 Å². The fourth-order valence-corrected chi connectivity index (χ4v) is 2.72. The summed E-state index contributed by atoms with van der Waals surface area (Å²) in [5, 5.41) is 29.5. The van der Waals surface area contributed by atoms with Crippen molar-refractivity contribution in [3.63, 3.8) is 0 Å². The number of hydrogen-bond donors (Lipinski definition) is 3. The smallest absolute Gasteiger partial charge is 0.122 e. The third-order valence-corrected chi connectivity index (χ3v) is 4.12. The fourth-order valence-electron chi connectivity index (χ4n) is 2.72. The lowest BCUT2D eigenvalue weighted by Gasteiger charge is -2.18. The average Bonchev–Trinajstić information content (AvgIpc) is 2.57. The average molecular weight is 330 g/mol. The van der Waals surface area contributed by atoms with Gasteiger partial charge in [-0.2, -0.15) is 0 Å². The number of aliphatic hydroxyl groups is 2. The van der Waals surface area contributed by atoms with E-state index in [2.05, 4.69) is 20.4 Å². The zero-order valence-electron chi connectivity index (χ0n) is 14.8. The highest BCUT2D eigenvalue weighted by atomic mass is 16.3. The van der Waals surface area contributed by atoms with Crippen LogP contribution in [0.2, 0.25) is 0 Å². The first-order chi connectivity index (χ1) is 11.5. The molecule has 0 fully saturated rings. The molecular formula is C21H30O3. The minimum atomic E-state index is -0.629. The number of aliphatic hydroxyl groups excluding tert-OH is 2. The predicted molar refractivity (Wildman–Crippen MR) is 101 cm³/mol. The summed E-state index contributed by atoms with van der Waals surface area (Å²) in [7, 11) is 0. The molecule has 0 amide bonds. The molecule has 0 aliphatic rings. The van der Waals surface area contributed by atoms with E-state index >= 15 is 0 Å². The van der Waals surface area contributed by atoms with E-state index in [0.717, 1.165) is 42.4 Å². The molecular weight excluding hydrogens is 300 g/mol. The van der Waals surface area contributed by atoms with Gasteiger partial charge in [-0.15, -0.1) is 0 Å². The van der Waals surface area contributed by atoms with Crippen LogP contribution in [0.1, 0.15) is 51.5 Å². The number of phenols is 1. The van der Waals surface area contributed by atoms with E-state index in [1.165, 1.54) is 5.57 Å². The molecule has 0 aliphatic carbocycles. The molecule has 1 rings (SSSR count). The van der Waals surface area contributed by atoms with Crippen LogP contribution in [0, 0.1) is 0 Å². The lowest BCUT2D eigenvalue weighted by Crippen LogP contribution is -2.13. The van der Waals surface area contributed by atoms with Gasteiger partial charge in [0.15, 0.2) is 0 Å². The fraction of sp³-hybridized carbons (Fsp3) is 0.429. The number of benzene rings is 1. The molecule has 132 valence electrons. The largest absolute Gasteiger partial charge is 0.507 e. The van der Waals surface area contributed by atoms with Crippen LogP contribution in [0.3, 0.4) is 0 Å². The van der Waals surface area contributed by atoms with Gasteiger partial charge in [-0.1, -0.05) is 62.8 Å². The molecule has 3 N–H and O–H groups in total. The maximum atomic E-state index is 10.5. The van der Waals surface area contributed by atoms with E-state index in [0.29, 0.717) is 6.42 Å². The molecule has 1 atom stereocenters. The molecule has 0 bridgehead atoms. The predicted octanol–water partition coefficient (Wildman–Crippen LogP) is 4.60. The lowest BCUT2D eigenvalue weighted by molar-refractivity contribution is 0.200. The van der Waals surface area contributed by atoms with E-state index < -0.39 is 6.10 Å². The van der Waals surface area contributed by atoms with Crippen LogP contribution in [0.5, 0.6) is 5.75 Å². The van der Waals surface area contributed by atoms with Crippen molar-refractivity contribution in [2.45, 2.75) is 52.1 Å². The quantitative estimate of drug-likeness (QED) is 0.549. The van der Waals surface area contributed by atoms with Gasteiger partial charge in [0.25, 0.3) is 0 Å². The first-order valence-corrected chi connectivity index (χ1v) is 8.68. The number of aromatic hydroxyl groups is 1. The number of phenolic OH excluding ortho intramolecular Hbond substituents is 1. The first kappa shape index (κ1) is 20.2. The summed E-state index contributed by atoms with van der Waals surface area (Å²) in [5.41, 5.74) is 3.60. The minimum absolute atomic E-state index is 0.0938. The van der Waals surface area contributed by atoms with Gasteiger partial charge in [0.1, 0.15) is 5.75 Å². The number of para-hydroxylation sites is 1. The Morgan fingerprint density at radius 2 is 1.92 bits per heavy atom. The molecule has 1 aromatic rings. The van der Waals surface area contributed by atoms with Gasteiger partial charge in [0.05, 0.1) is 12.7 Å². The second-order valence-electron chi connectivity index (χ2n) is 5.97. The van der Waals surface area contributed by atoms with E-state index in [4.69, 9.17) is 0 Å². The molecule has 24 heavy (non-hydrogen) atoms. The van der Waals surface area contributed by atoms with Crippen molar-refractivity contribution < 1.29 is 15.3 Å². The molecule has 1 aromatic carbocycles. The van der Waals surface area contributed by atoms with E-state index in [-0.39, 0.29) is 12.4 Å². The zero-order valence-corrected chi connectivity index (χ0v) is 14.8. The molecule has 0 aromatic heterocycles. The number of allylic oxidation sites excluding steroid dienone is 1. The van der Waals surface area contributed by atoms with Crippen molar-refractivity contribution in [1.29, 1.82) is 0 Å². The van der Waals surface area contributed by atoms with Crippen LogP contribution < -0.4 is 0 Å². The Balaban J connectivity index is 2.78. The first-order valence-electron chi connectivity index (χ1n) is 8.68. The van der Waals surface area contributed by atoms with Crippen LogP contribution in [-0.2, 0) is 0 Å². The molecule has 1 unspecified atom stereocenters. The Labute approximate surface area is 145 Å². The maximum Gasteiger partial charge on any atom is 0.122 e.